The third kappa shape index (κ3) is 6.96. The summed E-state index contributed by atoms with van der Waals surface area (Å²) in [7, 11) is -3.67. The third-order valence-electron chi connectivity index (χ3n) is 7.38. The number of fused-ring (bicyclic) bond motifs is 1. The second-order valence-corrected chi connectivity index (χ2v) is 13.4. The molecule has 3 aromatic rings. The van der Waals surface area contributed by atoms with Crippen molar-refractivity contribution in [1.29, 1.82) is 0 Å². The first kappa shape index (κ1) is 32.0. The number of unbranched alkanes of at least 4 members (excludes halogenated alkanes) is 1. The maximum absolute atomic E-state index is 14.0. The summed E-state index contributed by atoms with van der Waals surface area (Å²) in [6, 6.07) is 6.50. The fourth-order valence-electron chi connectivity index (χ4n) is 5.09. The van der Waals surface area contributed by atoms with Gasteiger partial charge in [-0.05, 0) is 36.6 Å². The number of ketones is 1. The van der Waals surface area contributed by atoms with Gasteiger partial charge in [-0.1, -0.05) is 42.6 Å². The topological polar surface area (TPSA) is 140 Å². The van der Waals surface area contributed by atoms with E-state index < -0.39 is 21.5 Å². The molecule has 2 aliphatic heterocycles. The molecule has 5 rings (SSSR count). The number of hydrogen-bond donors (Lipinski definition) is 1. The third-order valence-corrected chi connectivity index (χ3v) is 9.98. The number of aromatic nitrogens is 2. The second kappa shape index (κ2) is 13.7. The fraction of sp³-hybridized carbons (Fsp3) is 0.448. The number of Topliss-reactive ketones (excluding diaryl/α,β-unsaturated/α-hetero) is 1. The van der Waals surface area contributed by atoms with Gasteiger partial charge in [0, 0.05) is 32.3 Å². The number of ether oxygens (including phenoxy) is 2. The zero-order valence-electron chi connectivity index (χ0n) is 24.2. The smallest absolute Gasteiger partial charge is 0.301 e. The van der Waals surface area contributed by atoms with Crippen LogP contribution in [0, 0.1) is 0 Å². The molecule has 0 saturated carbocycles. The van der Waals surface area contributed by atoms with E-state index in [-0.39, 0.29) is 60.4 Å². The summed E-state index contributed by atoms with van der Waals surface area (Å²) >= 11 is 12.0. The largest absolute Gasteiger partial charge is 0.486 e. The molecule has 0 radical (unpaired) electrons. The van der Waals surface area contributed by atoms with Gasteiger partial charge in [-0.15, -0.1) is 0 Å². The fourth-order valence-corrected chi connectivity index (χ4v) is 6.96. The highest BCUT2D eigenvalue weighted by Gasteiger charge is 2.33. The Morgan fingerprint density at radius 2 is 1.89 bits per heavy atom. The number of rotatable bonds is 11. The van der Waals surface area contributed by atoms with Gasteiger partial charge in [-0.25, -0.2) is 13.4 Å². The van der Waals surface area contributed by atoms with Crippen LogP contribution in [0.2, 0.25) is 10.0 Å². The number of anilines is 2. The molecule has 0 atom stereocenters. The molecule has 2 aromatic heterocycles. The Morgan fingerprint density at radius 3 is 2.57 bits per heavy atom. The number of carbonyl (C=O) groups excluding carboxylic acids is 2. The lowest BCUT2D eigenvalue weighted by atomic mass is 10.1. The van der Waals surface area contributed by atoms with E-state index in [1.54, 1.807) is 30.5 Å². The summed E-state index contributed by atoms with van der Waals surface area (Å²) in [4.78, 5) is 46.7. The molecule has 2 fully saturated rings. The minimum Gasteiger partial charge on any atom is -0.486 e. The Balaban J connectivity index is 1.54. The van der Waals surface area contributed by atoms with E-state index in [1.807, 2.05) is 11.8 Å². The van der Waals surface area contributed by atoms with Gasteiger partial charge in [-0.2, -0.15) is 0 Å². The van der Waals surface area contributed by atoms with Crippen LogP contribution in [-0.2, 0) is 26.0 Å². The van der Waals surface area contributed by atoms with E-state index in [4.69, 9.17) is 32.7 Å². The lowest BCUT2D eigenvalue weighted by Crippen LogP contribution is -2.37. The SMILES string of the molecule is CCCCOc1c(C(=O)NCC(=O)Cc2ccc(Cl)c(Cl)c2)nc2c(N3CCCS3(=O)=O)cc(N3CCOCC3)cn2c1=O. The van der Waals surface area contributed by atoms with Gasteiger partial charge >= 0.3 is 5.56 Å². The molecule has 2 saturated heterocycles. The summed E-state index contributed by atoms with van der Waals surface area (Å²) in [6.07, 6.45) is 3.39. The number of benzene rings is 1. The number of morpholine rings is 1. The highest BCUT2D eigenvalue weighted by atomic mass is 35.5. The number of nitrogens with one attached hydrogen (secondary N) is 1. The highest BCUT2D eigenvalue weighted by Crippen LogP contribution is 2.32. The van der Waals surface area contributed by atoms with Crippen LogP contribution in [-0.4, -0.2) is 81.2 Å². The summed E-state index contributed by atoms with van der Waals surface area (Å²) in [5.41, 5.74) is 0.432. The first-order chi connectivity index (χ1) is 21.1. The van der Waals surface area contributed by atoms with Crippen LogP contribution in [0.5, 0.6) is 5.75 Å². The number of halogens is 2. The summed E-state index contributed by atoms with van der Waals surface area (Å²) in [5.74, 6) is -1.44. The molecule has 15 heteroatoms. The van der Waals surface area contributed by atoms with Crippen molar-refractivity contribution in [2.45, 2.75) is 32.6 Å². The predicted molar refractivity (Wildman–Crippen MR) is 168 cm³/mol. The molecule has 236 valence electrons. The molecule has 0 unspecified atom stereocenters. The van der Waals surface area contributed by atoms with E-state index in [1.165, 1.54) is 8.71 Å². The maximum Gasteiger partial charge on any atom is 0.301 e. The van der Waals surface area contributed by atoms with Gasteiger partial charge in [0.15, 0.2) is 17.1 Å². The van der Waals surface area contributed by atoms with Crippen molar-refractivity contribution in [1.82, 2.24) is 14.7 Å². The Hall–Kier alpha value is -3.39. The van der Waals surface area contributed by atoms with Gasteiger partial charge in [0.2, 0.25) is 15.8 Å². The lowest BCUT2D eigenvalue weighted by molar-refractivity contribution is -0.117. The first-order valence-electron chi connectivity index (χ1n) is 14.4. The number of hydrogen-bond acceptors (Lipinski definition) is 9. The average molecular weight is 667 g/mol. The van der Waals surface area contributed by atoms with Crippen molar-refractivity contribution in [2.24, 2.45) is 0 Å². The van der Waals surface area contributed by atoms with E-state index in [9.17, 15) is 22.8 Å². The van der Waals surface area contributed by atoms with Crippen molar-refractivity contribution in [3.63, 3.8) is 0 Å². The average Bonchev–Trinajstić information content (AvgIpc) is 3.37. The summed E-state index contributed by atoms with van der Waals surface area (Å²) in [5, 5.41) is 3.21. The number of carbonyl (C=O) groups is 2. The number of nitrogens with zero attached hydrogens (tertiary/aromatic N) is 4. The monoisotopic (exact) mass is 665 g/mol. The number of amides is 1. The van der Waals surface area contributed by atoms with Gasteiger partial charge in [0.25, 0.3) is 5.91 Å². The molecular formula is C29H33Cl2N5O7S. The van der Waals surface area contributed by atoms with Crippen molar-refractivity contribution in [3.8, 4) is 5.75 Å². The normalized spacial score (nSPS) is 16.3. The molecule has 1 aromatic carbocycles. The van der Waals surface area contributed by atoms with Crippen LogP contribution in [0.3, 0.4) is 0 Å². The Kier molecular flexibility index (Phi) is 9.98. The molecular weight excluding hydrogens is 633 g/mol. The first-order valence-corrected chi connectivity index (χ1v) is 16.8. The van der Waals surface area contributed by atoms with Gasteiger partial charge in [-0.3, -0.25) is 23.1 Å². The number of sulfonamides is 1. The van der Waals surface area contributed by atoms with Crippen molar-refractivity contribution >= 4 is 61.9 Å². The molecule has 0 spiro atoms. The molecule has 44 heavy (non-hydrogen) atoms. The zero-order chi connectivity index (χ0) is 31.4. The minimum absolute atomic E-state index is 0.00684. The standard InChI is InChI=1S/C29H33Cl2N5O7S/c1-2-3-10-43-26-25(28(38)32-17-21(37)14-19-5-6-22(30)23(31)15-19)33-27-24(36-7-4-13-44(36,40)41)16-20(18-35(27)29(26)39)34-8-11-42-12-9-34/h5-6,15-16,18H,2-4,7-14,17H2,1H3,(H,32,38). The van der Waals surface area contributed by atoms with Crippen LogP contribution in [0.25, 0.3) is 5.65 Å². The minimum atomic E-state index is -3.67. The van der Waals surface area contributed by atoms with E-state index >= 15 is 0 Å². The lowest BCUT2D eigenvalue weighted by Gasteiger charge is -2.30. The summed E-state index contributed by atoms with van der Waals surface area (Å²) in [6.45, 7) is 4.05. The van der Waals surface area contributed by atoms with Gasteiger partial charge in [0.05, 0.1) is 53.5 Å². The molecule has 12 nitrogen and oxygen atoms in total. The van der Waals surface area contributed by atoms with Crippen molar-refractivity contribution < 1.29 is 27.5 Å². The van der Waals surface area contributed by atoms with Crippen LogP contribution in [0.15, 0.2) is 35.3 Å². The Labute approximate surface area is 264 Å². The van der Waals surface area contributed by atoms with E-state index in [2.05, 4.69) is 10.3 Å². The Morgan fingerprint density at radius 1 is 1.11 bits per heavy atom. The van der Waals surface area contributed by atoms with Crippen LogP contribution >= 0.6 is 23.2 Å². The Bertz CT molecular complexity index is 1740. The van der Waals surface area contributed by atoms with Crippen LogP contribution in [0.4, 0.5) is 11.4 Å². The van der Waals surface area contributed by atoms with Crippen molar-refractivity contribution in [3.05, 3.63) is 62.1 Å². The number of pyridine rings is 1. The van der Waals surface area contributed by atoms with Gasteiger partial charge in [0.1, 0.15) is 0 Å². The van der Waals surface area contributed by atoms with E-state index in [0.717, 1.165) is 6.42 Å². The van der Waals surface area contributed by atoms with Crippen LogP contribution in [0.1, 0.15) is 42.2 Å². The van der Waals surface area contributed by atoms with Gasteiger partial charge < -0.3 is 19.7 Å². The zero-order valence-corrected chi connectivity index (χ0v) is 26.5. The molecule has 0 aliphatic carbocycles. The molecule has 2 aliphatic rings. The molecule has 1 amide bonds. The van der Waals surface area contributed by atoms with E-state index in [0.29, 0.717) is 60.4 Å². The summed E-state index contributed by atoms with van der Waals surface area (Å²) < 4.78 is 39.8. The maximum atomic E-state index is 14.0. The highest BCUT2D eigenvalue weighted by molar-refractivity contribution is 7.93. The predicted octanol–water partition coefficient (Wildman–Crippen LogP) is 3.10. The molecule has 0 bridgehead atoms. The van der Waals surface area contributed by atoms with Crippen molar-refractivity contribution in [2.75, 3.05) is 61.0 Å². The second-order valence-electron chi connectivity index (χ2n) is 10.6. The van der Waals surface area contributed by atoms with Crippen LogP contribution < -0.4 is 24.8 Å². The molecule has 4 heterocycles. The molecule has 1 N–H and O–H groups in total. The quantitative estimate of drug-likeness (QED) is 0.306.